The second kappa shape index (κ2) is 4.19. The molecule has 4 heteroatoms. The molecule has 2 N–H and O–H groups in total. The van der Waals surface area contributed by atoms with Gasteiger partial charge in [-0.2, -0.15) is 0 Å². The second-order valence-corrected chi connectivity index (χ2v) is 10.4. The Labute approximate surface area is 79.6 Å². The third kappa shape index (κ3) is 3.99. The molecule has 0 aliphatic rings. The van der Waals surface area contributed by atoms with E-state index < -0.39 is 8.32 Å². The zero-order valence-electron chi connectivity index (χ0n) is 8.85. The Hall–Kier alpha value is 0.567. The van der Waals surface area contributed by atoms with Gasteiger partial charge in [-0.15, -0.1) is 9.24 Å². The lowest BCUT2D eigenvalue weighted by molar-refractivity contribution is 0.289. The zero-order valence-corrected chi connectivity index (χ0v) is 11.0. The molecule has 12 heavy (non-hydrogen) atoms. The fourth-order valence-corrected chi connectivity index (χ4v) is 1.85. The minimum Gasteiger partial charge on any atom is -0.415 e. The predicted octanol–water partition coefficient (Wildman–Crippen LogP) is 2.17. The fourth-order valence-electron chi connectivity index (χ4n) is 0.521. The van der Waals surface area contributed by atoms with Gasteiger partial charge in [0.05, 0.1) is 6.61 Å². The zero-order chi connectivity index (χ0) is 9.99. The molecule has 0 aromatic heterocycles. The SMILES string of the molecule is CC(C)(C)[Si](C)(C)OC[C@H](N)P. The molecule has 0 aliphatic heterocycles. The first-order valence-corrected chi connectivity index (χ1v) is 7.89. The Kier molecular flexibility index (Phi) is 4.38. The Balaban J connectivity index is 4.05. The molecule has 0 saturated heterocycles. The van der Waals surface area contributed by atoms with E-state index >= 15 is 0 Å². The minimum atomic E-state index is -1.56. The molecule has 0 saturated carbocycles. The maximum atomic E-state index is 5.85. The molecule has 0 spiro atoms. The normalized spacial score (nSPS) is 16.2. The average molecular weight is 207 g/mol. The largest absolute Gasteiger partial charge is 0.415 e. The first-order valence-electron chi connectivity index (χ1n) is 4.32. The van der Waals surface area contributed by atoms with Crippen molar-refractivity contribution in [1.82, 2.24) is 0 Å². The van der Waals surface area contributed by atoms with Crippen molar-refractivity contribution in [1.29, 1.82) is 0 Å². The van der Waals surface area contributed by atoms with Gasteiger partial charge in [0.15, 0.2) is 8.32 Å². The van der Waals surface area contributed by atoms with Gasteiger partial charge in [0.1, 0.15) is 0 Å². The van der Waals surface area contributed by atoms with Gasteiger partial charge in [-0.1, -0.05) is 20.8 Å². The highest BCUT2D eigenvalue weighted by Gasteiger charge is 2.37. The molecule has 0 fully saturated rings. The van der Waals surface area contributed by atoms with Crippen molar-refractivity contribution in [2.24, 2.45) is 5.73 Å². The van der Waals surface area contributed by atoms with Crippen LogP contribution < -0.4 is 5.73 Å². The smallest absolute Gasteiger partial charge is 0.192 e. The topological polar surface area (TPSA) is 35.2 Å². The van der Waals surface area contributed by atoms with Gasteiger partial charge in [-0.3, -0.25) is 0 Å². The molecular formula is C8H22NOPSi. The summed E-state index contributed by atoms with van der Waals surface area (Å²) in [6.45, 7) is 11.8. The van der Waals surface area contributed by atoms with Crippen LogP contribution in [-0.4, -0.2) is 20.7 Å². The summed E-state index contributed by atoms with van der Waals surface area (Å²) in [5, 5.41) is 0.284. The number of rotatable bonds is 3. The van der Waals surface area contributed by atoms with Crippen LogP contribution in [0.25, 0.3) is 0 Å². The van der Waals surface area contributed by atoms with E-state index in [2.05, 4.69) is 43.1 Å². The third-order valence-electron chi connectivity index (χ3n) is 2.44. The maximum Gasteiger partial charge on any atom is 0.192 e. The number of hydrogen-bond donors (Lipinski definition) is 1. The lowest BCUT2D eigenvalue weighted by Gasteiger charge is -2.36. The van der Waals surface area contributed by atoms with Crippen LogP contribution in [-0.2, 0) is 4.43 Å². The Morgan fingerprint density at radius 3 is 2.08 bits per heavy atom. The molecule has 0 bridgehead atoms. The van der Waals surface area contributed by atoms with E-state index in [0.29, 0.717) is 6.61 Å². The fraction of sp³-hybridized carbons (Fsp3) is 1.00. The highest BCUT2D eigenvalue weighted by atomic mass is 31.0. The molecular weight excluding hydrogens is 185 g/mol. The highest BCUT2D eigenvalue weighted by molar-refractivity contribution is 7.17. The van der Waals surface area contributed by atoms with Crippen molar-refractivity contribution >= 4 is 17.6 Å². The van der Waals surface area contributed by atoms with Gasteiger partial charge < -0.3 is 10.2 Å². The minimum absolute atomic E-state index is 0.0686. The van der Waals surface area contributed by atoms with Crippen LogP contribution in [0.5, 0.6) is 0 Å². The Morgan fingerprint density at radius 2 is 1.83 bits per heavy atom. The van der Waals surface area contributed by atoms with E-state index in [1.54, 1.807) is 0 Å². The summed E-state index contributed by atoms with van der Waals surface area (Å²) in [7, 11) is 0.991. The average Bonchev–Trinajstić information content (AvgIpc) is 1.81. The molecule has 0 aliphatic carbocycles. The summed E-state index contributed by atoms with van der Waals surface area (Å²) >= 11 is 0. The lowest BCUT2D eigenvalue weighted by Crippen LogP contribution is -2.42. The van der Waals surface area contributed by atoms with E-state index in [-0.39, 0.29) is 10.8 Å². The number of hydrogen-bond acceptors (Lipinski definition) is 2. The van der Waals surface area contributed by atoms with Crippen molar-refractivity contribution in [3.05, 3.63) is 0 Å². The number of nitrogens with two attached hydrogens (primary N) is 1. The first-order chi connectivity index (χ1) is 5.17. The van der Waals surface area contributed by atoms with Crippen LogP contribution in [0.1, 0.15) is 20.8 Å². The first kappa shape index (κ1) is 12.6. The summed E-state index contributed by atoms with van der Waals surface area (Å²) in [6, 6.07) is 0. The van der Waals surface area contributed by atoms with E-state index in [0.717, 1.165) is 0 Å². The van der Waals surface area contributed by atoms with E-state index in [4.69, 9.17) is 10.2 Å². The van der Waals surface area contributed by atoms with Crippen LogP contribution in [0.15, 0.2) is 0 Å². The molecule has 2 nitrogen and oxygen atoms in total. The monoisotopic (exact) mass is 207 g/mol. The van der Waals surface area contributed by atoms with Gasteiger partial charge in [0.25, 0.3) is 0 Å². The lowest BCUT2D eigenvalue weighted by atomic mass is 10.2. The molecule has 1 unspecified atom stereocenters. The van der Waals surface area contributed by atoms with Crippen LogP contribution >= 0.6 is 9.24 Å². The molecule has 2 atom stereocenters. The molecule has 0 heterocycles. The van der Waals surface area contributed by atoms with Crippen LogP contribution in [0.4, 0.5) is 0 Å². The standard InChI is InChI=1S/C8H22NOPSi/c1-8(2,3)12(4,5)10-6-7(9)11/h7H,6,9,11H2,1-5H3/t7-/m1/s1. The summed E-state index contributed by atoms with van der Waals surface area (Å²) in [5.74, 6) is 0.0686. The van der Waals surface area contributed by atoms with Crippen molar-refractivity contribution in [3.63, 3.8) is 0 Å². The van der Waals surface area contributed by atoms with Crippen molar-refractivity contribution < 1.29 is 4.43 Å². The summed E-state index contributed by atoms with van der Waals surface area (Å²) < 4.78 is 5.85. The van der Waals surface area contributed by atoms with Gasteiger partial charge in [-0.25, -0.2) is 0 Å². The van der Waals surface area contributed by atoms with Gasteiger partial charge in [0, 0.05) is 5.78 Å². The van der Waals surface area contributed by atoms with Crippen molar-refractivity contribution in [2.75, 3.05) is 6.61 Å². The maximum absolute atomic E-state index is 5.85. The molecule has 0 rings (SSSR count). The predicted molar refractivity (Wildman–Crippen MR) is 60.8 cm³/mol. The molecule has 0 aromatic rings. The van der Waals surface area contributed by atoms with Crippen LogP contribution in [0.2, 0.25) is 18.1 Å². The van der Waals surface area contributed by atoms with Gasteiger partial charge in [0.2, 0.25) is 0 Å². The Bertz CT molecular complexity index is 142. The van der Waals surface area contributed by atoms with E-state index in [1.807, 2.05) is 0 Å². The summed E-state index contributed by atoms with van der Waals surface area (Å²) in [5.41, 5.74) is 5.60. The summed E-state index contributed by atoms with van der Waals surface area (Å²) in [4.78, 5) is 0. The second-order valence-electron chi connectivity index (χ2n) is 4.74. The third-order valence-corrected chi connectivity index (χ3v) is 7.14. The highest BCUT2D eigenvalue weighted by Crippen LogP contribution is 2.36. The van der Waals surface area contributed by atoms with E-state index in [9.17, 15) is 0 Å². The molecule has 0 aromatic carbocycles. The van der Waals surface area contributed by atoms with Crippen LogP contribution in [0, 0.1) is 0 Å². The quantitative estimate of drug-likeness (QED) is 0.568. The Morgan fingerprint density at radius 1 is 1.42 bits per heavy atom. The van der Waals surface area contributed by atoms with Gasteiger partial charge >= 0.3 is 0 Å². The van der Waals surface area contributed by atoms with E-state index in [1.165, 1.54) is 0 Å². The van der Waals surface area contributed by atoms with Crippen molar-refractivity contribution in [2.45, 2.75) is 44.7 Å². The summed E-state index contributed by atoms with van der Waals surface area (Å²) in [6.07, 6.45) is 0. The van der Waals surface area contributed by atoms with Crippen LogP contribution in [0.3, 0.4) is 0 Å². The molecule has 74 valence electrons. The van der Waals surface area contributed by atoms with Crippen molar-refractivity contribution in [3.8, 4) is 0 Å². The molecule has 0 radical (unpaired) electrons. The molecule has 0 amide bonds. The van der Waals surface area contributed by atoms with Gasteiger partial charge in [-0.05, 0) is 18.1 Å².